The Hall–Kier alpha value is -0.840. The summed E-state index contributed by atoms with van der Waals surface area (Å²) >= 11 is 2.94. The largest absolute Gasteiger partial charge is 0.466 e. The number of carbonyl (C=O) groups is 2. The zero-order valence-corrected chi connectivity index (χ0v) is 8.38. The first-order chi connectivity index (χ1) is 5.49. The van der Waals surface area contributed by atoms with Crippen LogP contribution >= 0.6 is 15.9 Å². The zero-order chi connectivity index (χ0) is 9.72. The van der Waals surface area contributed by atoms with E-state index in [0.717, 1.165) is 0 Å². The second-order valence-electron chi connectivity index (χ2n) is 1.94. The van der Waals surface area contributed by atoms with Gasteiger partial charge in [0.25, 0.3) is 0 Å². The summed E-state index contributed by atoms with van der Waals surface area (Å²) in [6, 6.07) is 0. The molecule has 0 N–H and O–H groups in total. The van der Waals surface area contributed by atoms with Crippen LogP contribution in [-0.4, -0.2) is 24.1 Å². The fourth-order valence-corrected chi connectivity index (χ4v) is 0.891. The summed E-state index contributed by atoms with van der Waals surface area (Å²) in [7, 11) is 1.22. The summed E-state index contributed by atoms with van der Waals surface area (Å²) in [5.41, 5.74) is 0.0488. The van der Waals surface area contributed by atoms with Crippen molar-refractivity contribution in [3.05, 3.63) is 12.2 Å². The highest BCUT2D eigenvalue weighted by atomic mass is 79.9. The number of rotatable bonds is 3. The fourth-order valence-electron chi connectivity index (χ4n) is 0.441. The minimum atomic E-state index is -0.817. The predicted molar refractivity (Wildman–Crippen MR) is 45.6 cm³/mol. The van der Waals surface area contributed by atoms with Crippen LogP contribution in [0.15, 0.2) is 12.2 Å². The van der Waals surface area contributed by atoms with E-state index in [9.17, 15) is 9.59 Å². The highest BCUT2D eigenvalue weighted by molar-refractivity contribution is 9.09. The summed E-state index contributed by atoms with van der Waals surface area (Å²) in [6.07, 6.45) is 0. The Morgan fingerprint density at radius 3 is 2.33 bits per heavy atom. The van der Waals surface area contributed by atoms with Crippen LogP contribution in [0.4, 0.5) is 0 Å². The number of hydrogen-bond donors (Lipinski definition) is 0. The number of esters is 2. The molecule has 0 saturated carbocycles. The lowest BCUT2D eigenvalue weighted by molar-refractivity contribution is -0.143. The lowest BCUT2D eigenvalue weighted by atomic mass is 10.3. The molecule has 0 aromatic carbocycles. The molecule has 1 unspecified atom stereocenters. The minimum absolute atomic E-state index is 0.0488. The molecular weight excluding hydrogens is 228 g/mol. The fraction of sp³-hybridized carbons (Fsp3) is 0.429. The Morgan fingerprint density at radius 2 is 2.00 bits per heavy atom. The molecule has 0 amide bonds. The van der Waals surface area contributed by atoms with E-state index in [-0.39, 0.29) is 5.57 Å². The number of alkyl halides is 1. The molecule has 0 fully saturated rings. The number of ether oxygens (including phenoxy) is 2. The topological polar surface area (TPSA) is 52.6 Å². The summed E-state index contributed by atoms with van der Waals surface area (Å²) in [5.74, 6) is -1.11. The first kappa shape index (κ1) is 11.2. The van der Waals surface area contributed by atoms with E-state index >= 15 is 0 Å². The van der Waals surface area contributed by atoms with Crippen molar-refractivity contribution in [2.45, 2.75) is 11.9 Å². The van der Waals surface area contributed by atoms with Gasteiger partial charge >= 0.3 is 11.9 Å². The maximum absolute atomic E-state index is 10.8. The molecule has 0 heterocycles. The van der Waals surface area contributed by atoms with E-state index in [1.165, 1.54) is 14.0 Å². The Labute approximate surface area is 78.7 Å². The maximum Gasteiger partial charge on any atom is 0.337 e. The van der Waals surface area contributed by atoms with Crippen molar-refractivity contribution in [1.82, 2.24) is 0 Å². The summed E-state index contributed by atoms with van der Waals surface area (Å²) in [5, 5.41) is -0.817. The van der Waals surface area contributed by atoms with Gasteiger partial charge in [0, 0.05) is 6.92 Å². The molecule has 0 rings (SSSR count). The van der Waals surface area contributed by atoms with Crippen LogP contribution in [-0.2, 0) is 19.1 Å². The van der Waals surface area contributed by atoms with Crippen LogP contribution in [0.5, 0.6) is 0 Å². The molecule has 0 aliphatic carbocycles. The molecule has 0 aromatic rings. The van der Waals surface area contributed by atoms with Gasteiger partial charge in [0.05, 0.1) is 12.7 Å². The molecule has 0 bridgehead atoms. The molecule has 1 atom stereocenters. The lowest BCUT2D eigenvalue weighted by Gasteiger charge is -2.10. The monoisotopic (exact) mass is 236 g/mol. The van der Waals surface area contributed by atoms with Gasteiger partial charge in [-0.3, -0.25) is 4.79 Å². The zero-order valence-electron chi connectivity index (χ0n) is 6.80. The molecular formula is C7H9BrO4. The highest BCUT2D eigenvalue weighted by Crippen LogP contribution is 2.13. The second kappa shape index (κ2) is 4.92. The van der Waals surface area contributed by atoms with Crippen molar-refractivity contribution in [3.63, 3.8) is 0 Å². The molecule has 5 heteroatoms. The van der Waals surface area contributed by atoms with Gasteiger partial charge < -0.3 is 9.47 Å². The molecule has 0 aromatic heterocycles. The van der Waals surface area contributed by atoms with Crippen molar-refractivity contribution in [3.8, 4) is 0 Å². The van der Waals surface area contributed by atoms with Crippen molar-refractivity contribution in [1.29, 1.82) is 0 Å². The highest BCUT2D eigenvalue weighted by Gasteiger charge is 2.18. The quantitative estimate of drug-likeness (QED) is 0.417. The molecule has 0 aliphatic heterocycles. The molecule has 0 radical (unpaired) electrons. The number of methoxy groups -OCH3 is 1. The first-order valence-electron chi connectivity index (χ1n) is 3.07. The third kappa shape index (κ3) is 3.52. The van der Waals surface area contributed by atoms with Gasteiger partial charge in [0.2, 0.25) is 0 Å². The molecule has 68 valence electrons. The molecule has 4 nitrogen and oxygen atoms in total. The van der Waals surface area contributed by atoms with Crippen LogP contribution in [0, 0.1) is 0 Å². The maximum atomic E-state index is 10.8. The Bertz CT molecular complexity index is 211. The van der Waals surface area contributed by atoms with Crippen molar-refractivity contribution in [2.24, 2.45) is 0 Å². The van der Waals surface area contributed by atoms with Crippen molar-refractivity contribution < 1.29 is 19.1 Å². The Kier molecular flexibility index (Phi) is 4.58. The summed E-state index contributed by atoms with van der Waals surface area (Å²) in [6.45, 7) is 4.61. The van der Waals surface area contributed by atoms with Crippen molar-refractivity contribution >= 4 is 27.9 Å². The average Bonchev–Trinajstić information content (AvgIpc) is 2.00. The standard InChI is InChI=1S/C7H9BrO4/c1-4(7(10)11-3)6(8)12-5(2)9/h6H,1H2,2-3H3. The van der Waals surface area contributed by atoms with Gasteiger partial charge in [-0.1, -0.05) is 6.58 Å². The summed E-state index contributed by atoms with van der Waals surface area (Å²) in [4.78, 5) is 21.2. The van der Waals surface area contributed by atoms with E-state index in [4.69, 9.17) is 0 Å². The molecule has 0 aliphatic rings. The van der Waals surface area contributed by atoms with E-state index in [0.29, 0.717) is 0 Å². The number of carbonyl (C=O) groups excluding carboxylic acids is 2. The third-order valence-corrected chi connectivity index (χ3v) is 1.73. The Morgan fingerprint density at radius 1 is 1.50 bits per heavy atom. The van der Waals surface area contributed by atoms with Gasteiger partial charge in [-0.05, 0) is 15.9 Å². The van der Waals surface area contributed by atoms with E-state index in [2.05, 4.69) is 32.0 Å². The lowest BCUT2D eigenvalue weighted by Crippen LogP contribution is -2.18. The van der Waals surface area contributed by atoms with E-state index < -0.39 is 17.0 Å². The van der Waals surface area contributed by atoms with Crippen LogP contribution in [0.3, 0.4) is 0 Å². The second-order valence-corrected chi connectivity index (χ2v) is 2.77. The molecule has 0 saturated heterocycles. The molecule has 0 spiro atoms. The van der Waals surface area contributed by atoms with Crippen molar-refractivity contribution in [2.75, 3.05) is 7.11 Å². The Balaban J connectivity index is 4.10. The number of halogens is 1. The SMILES string of the molecule is C=C(C(=O)OC)C(Br)OC(C)=O. The van der Waals surface area contributed by atoms with Gasteiger partial charge in [-0.2, -0.15) is 0 Å². The van der Waals surface area contributed by atoms with Crippen LogP contribution in [0.2, 0.25) is 0 Å². The van der Waals surface area contributed by atoms with E-state index in [1.54, 1.807) is 0 Å². The van der Waals surface area contributed by atoms with Crippen LogP contribution in [0.1, 0.15) is 6.92 Å². The van der Waals surface area contributed by atoms with Crippen LogP contribution in [0.25, 0.3) is 0 Å². The first-order valence-corrected chi connectivity index (χ1v) is 3.99. The van der Waals surface area contributed by atoms with E-state index in [1.807, 2.05) is 0 Å². The van der Waals surface area contributed by atoms with Gasteiger partial charge in [-0.25, -0.2) is 4.79 Å². The van der Waals surface area contributed by atoms with Gasteiger partial charge in [0.1, 0.15) is 0 Å². The van der Waals surface area contributed by atoms with Gasteiger partial charge in [-0.15, -0.1) is 0 Å². The predicted octanol–water partition coefficient (Wildman–Crippen LogP) is 1.000. The summed E-state index contributed by atoms with van der Waals surface area (Å²) < 4.78 is 8.97. The smallest absolute Gasteiger partial charge is 0.337 e. The normalized spacial score (nSPS) is 11.6. The van der Waals surface area contributed by atoms with Crippen LogP contribution < -0.4 is 0 Å². The third-order valence-electron chi connectivity index (χ3n) is 0.991. The minimum Gasteiger partial charge on any atom is -0.466 e. The van der Waals surface area contributed by atoms with Gasteiger partial charge in [0.15, 0.2) is 5.01 Å². The average molecular weight is 237 g/mol. The molecule has 12 heavy (non-hydrogen) atoms. The number of hydrogen-bond acceptors (Lipinski definition) is 4.